The number of ether oxygens (including phenoxy) is 2. The van der Waals surface area contributed by atoms with Crippen LogP contribution in [0.2, 0.25) is 0 Å². The van der Waals surface area contributed by atoms with Crippen molar-refractivity contribution in [1.29, 1.82) is 0 Å². The van der Waals surface area contributed by atoms with Crippen LogP contribution < -0.4 is 14.8 Å². The highest BCUT2D eigenvalue weighted by molar-refractivity contribution is 14.1. The van der Waals surface area contributed by atoms with Crippen LogP contribution in [0.1, 0.15) is 29.2 Å². The molecule has 3 aromatic rings. The van der Waals surface area contributed by atoms with E-state index in [9.17, 15) is 0 Å². The number of benzene rings is 3. The van der Waals surface area contributed by atoms with Gasteiger partial charge in [0.15, 0.2) is 11.5 Å². The fraction of sp³-hybridized carbons (Fsp3) is 0.250. The number of hydrogen-bond donors (Lipinski definition) is 1. The molecule has 0 radical (unpaired) electrons. The molecule has 0 spiro atoms. The first-order valence-corrected chi connectivity index (χ1v) is 10.6. The number of aryl methyl sites for hydroxylation is 2. The molecular weight excluding hydrogens is 461 g/mol. The Hall–Kier alpha value is -2.21. The minimum atomic E-state index is 0.525. The SMILES string of the molecule is CCOc1cc(CNc2ccc(C)c(C)c2)cc(I)c1OCc1ccccc1. The summed E-state index contributed by atoms with van der Waals surface area (Å²) < 4.78 is 13.0. The van der Waals surface area contributed by atoms with Crippen molar-refractivity contribution in [1.82, 2.24) is 0 Å². The van der Waals surface area contributed by atoms with Gasteiger partial charge in [-0.2, -0.15) is 0 Å². The molecule has 28 heavy (non-hydrogen) atoms. The summed E-state index contributed by atoms with van der Waals surface area (Å²) in [4.78, 5) is 0. The zero-order valence-corrected chi connectivity index (χ0v) is 18.7. The Morgan fingerprint density at radius 3 is 2.36 bits per heavy atom. The van der Waals surface area contributed by atoms with Crippen molar-refractivity contribution in [3.05, 3.63) is 86.5 Å². The molecule has 0 saturated heterocycles. The molecular formula is C24H26INO2. The maximum absolute atomic E-state index is 6.10. The van der Waals surface area contributed by atoms with E-state index in [0.717, 1.165) is 38.4 Å². The van der Waals surface area contributed by atoms with Gasteiger partial charge in [0.1, 0.15) is 6.61 Å². The van der Waals surface area contributed by atoms with Gasteiger partial charge in [0.05, 0.1) is 10.2 Å². The largest absolute Gasteiger partial charge is 0.490 e. The third-order valence-corrected chi connectivity index (χ3v) is 5.40. The van der Waals surface area contributed by atoms with Gasteiger partial charge in [0, 0.05) is 12.2 Å². The van der Waals surface area contributed by atoms with Crippen LogP contribution in [0, 0.1) is 17.4 Å². The lowest BCUT2D eigenvalue weighted by Gasteiger charge is -2.16. The van der Waals surface area contributed by atoms with E-state index in [1.54, 1.807) is 0 Å². The Labute approximate surface area is 181 Å². The van der Waals surface area contributed by atoms with E-state index in [2.05, 4.69) is 84.2 Å². The lowest BCUT2D eigenvalue weighted by atomic mass is 10.1. The molecule has 146 valence electrons. The first kappa shape index (κ1) is 20.5. The van der Waals surface area contributed by atoms with Crippen molar-refractivity contribution >= 4 is 28.3 Å². The van der Waals surface area contributed by atoms with Gasteiger partial charge < -0.3 is 14.8 Å². The second-order valence-electron chi connectivity index (χ2n) is 6.76. The molecule has 0 aliphatic rings. The van der Waals surface area contributed by atoms with Crippen molar-refractivity contribution in [3.8, 4) is 11.5 Å². The van der Waals surface area contributed by atoms with Crippen molar-refractivity contribution in [2.24, 2.45) is 0 Å². The van der Waals surface area contributed by atoms with Crippen LogP contribution in [0.25, 0.3) is 0 Å². The maximum Gasteiger partial charge on any atom is 0.174 e. The normalized spacial score (nSPS) is 10.6. The monoisotopic (exact) mass is 487 g/mol. The zero-order chi connectivity index (χ0) is 19.9. The number of halogens is 1. The molecule has 0 atom stereocenters. The molecule has 3 aromatic carbocycles. The Kier molecular flexibility index (Phi) is 7.20. The summed E-state index contributed by atoms with van der Waals surface area (Å²) in [6, 6.07) is 20.9. The molecule has 0 unspecified atom stereocenters. The second kappa shape index (κ2) is 9.82. The number of anilines is 1. The molecule has 0 amide bonds. The quantitative estimate of drug-likeness (QED) is 0.368. The Morgan fingerprint density at radius 1 is 0.857 bits per heavy atom. The number of hydrogen-bond acceptors (Lipinski definition) is 3. The van der Waals surface area contributed by atoms with Crippen LogP contribution in [0.15, 0.2) is 60.7 Å². The zero-order valence-electron chi connectivity index (χ0n) is 16.6. The minimum Gasteiger partial charge on any atom is -0.490 e. The Morgan fingerprint density at radius 2 is 1.64 bits per heavy atom. The average Bonchev–Trinajstić information content (AvgIpc) is 2.69. The summed E-state index contributed by atoms with van der Waals surface area (Å²) >= 11 is 2.33. The molecule has 0 heterocycles. The van der Waals surface area contributed by atoms with E-state index in [4.69, 9.17) is 9.47 Å². The molecule has 0 aliphatic carbocycles. The second-order valence-corrected chi connectivity index (χ2v) is 7.93. The van der Waals surface area contributed by atoms with E-state index in [-0.39, 0.29) is 0 Å². The van der Waals surface area contributed by atoms with E-state index in [1.807, 2.05) is 25.1 Å². The standard InChI is InChI=1S/C24H26INO2/c1-4-27-23-14-20(15-26-21-11-10-17(2)18(3)12-21)13-22(25)24(23)28-16-19-8-6-5-7-9-19/h5-14,26H,4,15-16H2,1-3H3. The molecule has 0 bridgehead atoms. The van der Waals surface area contributed by atoms with Crippen LogP contribution in [0.5, 0.6) is 11.5 Å². The van der Waals surface area contributed by atoms with Gasteiger partial charge in [0.2, 0.25) is 0 Å². The average molecular weight is 487 g/mol. The third kappa shape index (κ3) is 5.41. The summed E-state index contributed by atoms with van der Waals surface area (Å²) in [6.07, 6.45) is 0. The molecule has 4 heteroatoms. The minimum absolute atomic E-state index is 0.525. The predicted octanol–water partition coefficient (Wildman–Crippen LogP) is 6.50. The van der Waals surface area contributed by atoms with E-state index in [0.29, 0.717) is 13.2 Å². The Balaban J connectivity index is 1.74. The van der Waals surface area contributed by atoms with E-state index in [1.165, 1.54) is 11.1 Å². The van der Waals surface area contributed by atoms with Crippen LogP contribution in [0.3, 0.4) is 0 Å². The number of nitrogens with one attached hydrogen (secondary N) is 1. The van der Waals surface area contributed by atoms with Gasteiger partial charge in [-0.15, -0.1) is 0 Å². The first-order chi connectivity index (χ1) is 13.6. The predicted molar refractivity (Wildman–Crippen MR) is 124 cm³/mol. The van der Waals surface area contributed by atoms with Crippen LogP contribution in [-0.4, -0.2) is 6.61 Å². The molecule has 3 nitrogen and oxygen atoms in total. The van der Waals surface area contributed by atoms with Crippen molar-refractivity contribution in [2.45, 2.75) is 33.9 Å². The fourth-order valence-corrected chi connectivity index (χ4v) is 3.73. The molecule has 3 rings (SSSR count). The summed E-state index contributed by atoms with van der Waals surface area (Å²) in [5.41, 5.74) is 6.03. The molecule has 0 aliphatic heterocycles. The van der Waals surface area contributed by atoms with Gasteiger partial charge >= 0.3 is 0 Å². The lowest BCUT2D eigenvalue weighted by molar-refractivity contribution is 0.267. The molecule has 0 aromatic heterocycles. The molecule has 0 saturated carbocycles. The van der Waals surface area contributed by atoms with Gasteiger partial charge in [-0.3, -0.25) is 0 Å². The smallest absolute Gasteiger partial charge is 0.174 e. The van der Waals surface area contributed by atoms with Crippen LogP contribution >= 0.6 is 22.6 Å². The van der Waals surface area contributed by atoms with Gasteiger partial charge in [-0.05, 0) is 89.9 Å². The third-order valence-electron chi connectivity index (χ3n) is 4.60. The van der Waals surface area contributed by atoms with Crippen molar-refractivity contribution < 1.29 is 9.47 Å². The van der Waals surface area contributed by atoms with E-state index < -0.39 is 0 Å². The van der Waals surface area contributed by atoms with Crippen molar-refractivity contribution in [3.63, 3.8) is 0 Å². The van der Waals surface area contributed by atoms with Gasteiger partial charge in [-0.25, -0.2) is 0 Å². The Bertz CT molecular complexity index is 925. The lowest BCUT2D eigenvalue weighted by Crippen LogP contribution is -2.05. The highest BCUT2D eigenvalue weighted by Crippen LogP contribution is 2.35. The van der Waals surface area contributed by atoms with E-state index >= 15 is 0 Å². The van der Waals surface area contributed by atoms with Gasteiger partial charge in [0.25, 0.3) is 0 Å². The molecule has 1 N–H and O–H groups in total. The van der Waals surface area contributed by atoms with Crippen LogP contribution in [-0.2, 0) is 13.2 Å². The molecule has 0 fully saturated rings. The summed E-state index contributed by atoms with van der Waals surface area (Å²) in [7, 11) is 0. The van der Waals surface area contributed by atoms with Gasteiger partial charge in [-0.1, -0.05) is 36.4 Å². The van der Waals surface area contributed by atoms with Crippen molar-refractivity contribution in [2.75, 3.05) is 11.9 Å². The highest BCUT2D eigenvalue weighted by atomic mass is 127. The first-order valence-electron chi connectivity index (χ1n) is 9.50. The highest BCUT2D eigenvalue weighted by Gasteiger charge is 2.13. The summed E-state index contributed by atoms with van der Waals surface area (Å²) in [5, 5.41) is 3.50. The van der Waals surface area contributed by atoms with Crippen LogP contribution in [0.4, 0.5) is 5.69 Å². The topological polar surface area (TPSA) is 30.5 Å². The number of rotatable bonds is 8. The summed E-state index contributed by atoms with van der Waals surface area (Å²) in [5.74, 6) is 1.60. The maximum atomic E-state index is 6.10. The fourth-order valence-electron chi connectivity index (χ4n) is 2.91. The summed E-state index contributed by atoms with van der Waals surface area (Å²) in [6.45, 7) is 8.12.